The van der Waals surface area contributed by atoms with Crippen molar-refractivity contribution < 1.29 is 4.74 Å². The molecule has 0 atom stereocenters. The van der Waals surface area contributed by atoms with Gasteiger partial charge in [0.2, 0.25) is 0 Å². The van der Waals surface area contributed by atoms with Gasteiger partial charge in [-0.2, -0.15) is 0 Å². The third-order valence-electron chi connectivity index (χ3n) is 2.25. The molecule has 0 aliphatic heterocycles. The summed E-state index contributed by atoms with van der Waals surface area (Å²) in [5.41, 5.74) is 0.887. The Kier molecular flexibility index (Phi) is 3.83. The minimum atomic E-state index is 0.742. The van der Waals surface area contributed by atoms with Crippen molar-refractivity contribution in [2.45, 2.75) is 4.90 Å². The van der Waals surface area contributed by atoms with Crippen LogP contribution in [0.1, 0.15) is 5.69 Å². The van der Waals surface area contributed by atoms with Crippen molar-refractivity contribution in [3.8, 4) is 11.5 Å². The summed E-state index contributed by atoms with van der Waals surface area (Å²) >= 11 is 1.63. The van der Waals surface area contributed by atoms with Gasteiger partial charge in [0.25, 0.3) is 0 Å². The molecule has 0 saturated carbocycles. The summed E-state index contributed by atoms with van der Waals surface area (Å²) < 4.78 is 5.71. The first kappa shape index (κ1) is 11.7. The van der Waals surface area contributed by atoms with Gasteiger partial charge in [0.05, 0.1) is 11.9 Å². The highest BCUT2D eigenvalue weighted by molar-refractivity contribution is 7.98. The van der Waals surface area contributed by atoms with E-state index < -0.39 is 0 Å². The van der Waals surface area contributed by atoms with E-state index in [1.165, 1.54) is 0 Å². The second-order valence-corrected chi connectivity index (χ2v) is 4.23. The molecule has 3 heteroatoms. The van der Waals surface area contributed by atoms with Crippen LogP contribution in [0.25, 0.3) is 6.08 Å². The Hall–Kier alpha value is -1.74. The van der Waals surface area contributed by atoms with Crippen LogP contribution >= 0.6 is 11.8 Å². The molecule has 2 aromatic rings. The maximum absolute atomic E-state index is 5.71. The molecule has 1 aromatic carbocycles. The highest BCUT2D eigenvalue weighted by Gasteiger charge is 2.03. The molecular formula is C14H13NOS. The molecule has 0 radical (unpaired) electrons. The summed E-state index contributed by atoms with van der Waals surface area (Å²) in [6.07, 6.45) is 5.47. The quantitative estimate of drug-likeness (QED) is 0.750. The molecule has 0 spiro atoms. The summed E-state index contributed by atoms with van der Waals surface area (Å²) in [5, 5.41) is 0. The average Bonchev–Trinajstić information content (AvgIpc) is 2.40. The SMILES string of the molecule is C=Cc1ncc(Oc2ccccc2)cc1SC. The van der Waals surface area contributed by atoms with Gasteiger partial charge in [0.15, 0.2) is 0 Å². The molecule has 0 N–H and O–H groups in total. The highest BCUT2D eigenvalue weighted by Crippen LogP contribution is 2.27. The fourth-order valence-electron chi connectivity index (χ4n) is 1.43. The van der Waals surface area contributed by atoms with Gasteiger partial charge in [-0.05, 0) is 30.5 Å². The number of thioether (sulfide) groups is 1. The summed E-state index contributed by atoms with van der Waals surface area (Å²) in [6, 6.07) is 11.6. The number of hydrogen-bond acceptors (Lipinski definition) is 3. The second kappa shape index (κ2) is 5.55. The Labute approximate surface area is 105 Å². The van der Waals surface area contributed by atoms with Gasteiger partial charge >= 0.3 is 0 Å². The maximum atomic E-state index is 5.71. The molecule has 86 valence electrons. The van der Waals surface area contributed by atoms with Gasteiger partial charge in [0.1, 0.15) is 11.5 Å². The molecule has 1 aromatic heterocycles. The summed E-state index contributed by atoms with van der Waals surface area (Å²) in [4.78, 5) is 5.36. The highest BCUT2D eigenvalue weighted by atomic mass is 32.2. The predicted octanol–water partition coefficient (Wildman–Crippen LogP) is 4.24. The lowest BCUT2D eigenvalue weighted by molar-refractivity contribution is 0.478. The molecule has 1 heterocycles. The van der Waals surface area contributed by atoms with Gasteiger partial charge in [-0.1, -0.05) is 24.8 Å². The van der Waals surface area contributed by atoms with E-state index in [4.69, 9.17) is 4.74 Å². The van der Waals surface area contributed by atoms with Crippen LogP contribution in [0.4, 0.5) is 0 Å². The Morgan fingerprint density at radius 1 is 1.24 bits per heavy atom. The molecule has 0 aliphatic carbocycles. The van der Waals surface area contributed by atoms with Crippen LogP contribution in [0.3, 0.4) is 0 Å². The van der Waals surface area contributed by atoms with E-state index in [0.717, 1.165) is 22.1 Å². The lowest BCUT2D eigenvalue weighted by atomic mass is 10.3. The molecule has 2 nitrogen and oxygen atoms in total. The Bertz CT molecular complexity index is 511. The number of pyridine rings is 1. The molecule has 0 saturated heterocycles. The minimum Gasteiger partial charge on any atom is -0.456 e. The van der Waals surface area contributed by atoms with Crippen molar-refractivity contribution in [1.82, 2.24) is 4.98 Å². The lowest BCUT2D eigenvalue weighted by Gasteiger charge is -2.07. The average molecular weight is 243 g/mol. The van der Waals surface area contributed by atoms with Crippen molar-refractivity contribution in [2.75, 3.05) is 6.26 Å². The largest absolute Gasteiger partial charge is 0.456 e. The van der Waals surface area contributed by atoms with E-state index in [1.807, 2.05) is 42.7 Å². The van der Waals surface area contributed by atoms with Gasteiger partial charge in [-0.15, -0.1) is 11.8 Å². The van der Waals surface area contributed by atoms with Crippen molar-refractivity contribution >= 4 is 17.8 Å². The minimum absolute atomic E-state index is 0.742. The second-order valence-electron chi connectivity index (χ2n) is 3.38. The number of hydrogen-bond donors (Lipinski definition) is 0. The zero-order valence-electron chi connectivity index (χ0n) is 9.59. The third kappa shape index (κ3) is 2.88. The van der Waals surface area contributed by atoms with Crippen LogP contribution < -0.4 is 4.74 Å². The van der Waals surface area contributed by atoms with Crippen molar-refractivity contribution in [3.05, 3.63) is 54.9 Å². The van der Waals surface area contributed by atoms with Crippen molar-refractivity contribution in [3.63, 3.8) is 0 Å². The Morgan fingerprint density at radius 3 is 2.65 bits per heavy atom. The molecule has 0 amide bonds. The third-order valence-corrected chi connectivity index (χ3v) is 3.02. The van der Waals surface area contributed by atoms with E-state index in [0.29, 0.717) is 0 Å². The summed E-state index contributed by atoms with van der Waals surface area (Å²) in [7, 11) is 0. The van der Waals surface area contributed by atoms with Crippen LogP contribution in [-0.4, -0.2) is 11.2 Å². The molecule has 0 aliphatic rings. The molecule has 0 bridgehead atoms. The molecule has 17 heavy (non-hydrogen) atoms. The van der Waals surface area contributed by atoms with Gasteiger partial charge in [-0.25, -0.2) is 0 Å². The number of rotatable bonds is 4. The van der Waals surface area contributed by atoms with Gasteiger partial charge in [0, 0.05) is 4.90 Å². The Balaban J connectivity index is 2.25. The number of ether oxygens (including phenoxy) is 1. The lowest BCUT2D eigenvalue weighted by Crippen LogP contribution is -1.89. The summed E-state index contributed by atoms with van der Waals surface area (Å²) in [6.45, 7) is 3.74. The molecule has 0 fully saturated rings. The van der Waals surface area contributed by atoms with Crippen LogP contribution in [0, 0.1) is 0 Å². The van der Waals surface area contributed by atoms with Gasteiger partial charge in [-0.3, -0.25) is 4.98 Å². The first-order valence-corrected chi connectivity index (χ1v) is 6.45. The Morgan fingerprint density at radius 2 is 2.00 bits per heavy atom. The number of aromatic nitrogens is 1. The van der Waals surface area contributed by atoms with Crippen molar-refractivity contribution in [2.24, 2.45) is 0 Å². The van der Waals surface area contributed by atoms with E-state index in [1.54, 1.807) is 24.0 Å². The van der Waals surface area contributed by atoms with Crippen molar-refractivity contribution in [1.29, 1.82) is 0 Å². The topological polar surface area (TPSA) is 22.1 Å². The number of nitrogens with zero attached hydrogens (tertiary/aromatic N) is 1. The van der Waals surface area contributed by atoms with E-state index in [2.05, 4.69) is 11.6 Å². The number of para-hydroxylation sites is 1. The first-order chi connectivity index (χ1) is 8.33. The smallest absolute Gasteiger partial charge is 0.146 e. The van der Waals surface area contributed by atoms with E-state index in [9.17, 15) is 0 Å². The van der Waals surface area contributed by atoms with Crippen LogP contribution in [0.15, 0.2) is 54.1 Å². The zero-order valence-corrected chi connectivity index (χ0v) is 10.4. The van der Waals surface area contributed by atoms with Crippen LogP contribution in [0.2, 0.25) is 0 Å². The fraction of sp³-hybridized carbons (Fsp3) is 0.0714. The standard InChI is InChI=1S/C14H13NOS/c1-3-13-14(17-2)9-12(10-15-13)16-11-7-5-4-6-8-11/h3-10H,1H2,2H3. The monoisotopic (exact) mass is 243 g/mol. The zero-order chi connectivity index (χ0) is 12.1. The van der Waals surface area contributed by atoms with Gasteiger partial charge < -0.3 is 4.74 Å². The van der Waals surface area contributed by atoms with Crippen LogP contribution in [0.5, 0.6) is 11.5 Å². The molecule has 0 unspecified atom stereocenters. The normalized spacial score (nSPS) is 9.94. The predicted molar refractivity (Wildman–Crippen MR) is 72.6 cm³/mol. The van der Waals surface area contributed by atoms with Crippen LogP contribution in [-0.2, 0) is 0 Å². The maximum Gasteiger partial charge on any atom is 0.146 e. The summed E-state index contributed by atoms with van der Waals surface area (Å²) in [5.74, 6) is 1.55. The molecule has 2 rings (SSSR count). The van der Waals surface area contributed by atoms with E-state index in [-0.39, 0.29) is 0 Å². The van der Waals surface area contributed by atoms with E-state index >= 15 is 0 Å². The number of benzene rings is 1. The molecular weight excluding hydrogens is 230 g/mol. The first-order valence-electron chi connectivity index (χ1n) is 5.23. The fourth-order valence-corrected chi connectivity index (χ4v) is 2.01.